The third-order valence-corrected chi connectivity index (χ3v) is 5.98. The van der Waals surface area contributed by atoms with Gasteiger partial charge in [-0.25, -0.2) is 0 Å². The number of thiocarbonyl (C=S) groups is 1. The average molecular weight is 418 g/mol. The van der Waals surface area contributed by atoms with Crippen molar-refractivity contribution < 1.29 is 4.90 Å². The summed E-state index contributed by atoms with van der Waals surface area (Å²) in [6.07, 6.45) is 0. The first-order valence-electron chi connectivity index (χ1n) is 10.7. The van der Waals surface area contributed by atoms with Crippen LogP contribution in [0, 0.1) is 19.8 Å². The fraction of sp³-hybridized carbons (Fsp3) is 0.565. The number of likely N-dealkylation sites (N-methyl/N-ethyl adjacent to an activating group) is 1. The van der Waals surface area contributed by atoms with Gasteiger partial charge in [0.15, 0.2) is 5.11 Å². The number of nitrogens with zero attached hydrogens (tertiary/aromatic N) is 1. The molecule has 0 aliphatic carbocycles. The molecule has 0 atom stereocenters. The molecule has 0 saturated carbocycles. The lowest BCUT2D eigenvalue weighted by Gasteiger charge is -2.28. The minimum atomic E-state index is -0.0346. The summed E-state index contributed by atoms with van der Waals surface area (Å²) in [5.74, 6) is 0.512. The van der Waals surface area contributed by atoms with E-state index in [-0.39, 0.29) is 5.56 Å². The third kappa shape index (κ3) is 6.54. The van der Waals surface area contributed by atoms with Crippen LogP contribution < -0.4 is 15.8 Å². The minimum absolute atomic E-state index is 0.0346. The van der Waals surface area contributed by atoms with Gasteiger partial charge in [-0.15, -0.1) is 0 Å². The summed E-state index contributed by atoms with van der Waals surface area (Å²) in [6.45, 7) is 18.3. The third-order valence-electron chi connectivity index (χ3n) is 5.58. The van der Waals surface area contributed by atoms with Crippen molar-refractivity contribution in [2.45, 2.75) is 48.1 Å². The van der Waals surface area contributed by atoms with Crippen LogP contribution >= 0.6 is 12.2 Å². The predicted octanol–water partition coefficient (Wildman–Crippen LogP) is 2.40. The number of hydrogen-bond acceptors (Lipinski definition) is 2. The number of aryl methyl sites for hydroxylation is 2. The van der Waals surface area contributed by atoms with E-state index in [9.17, 15) is 4.79 Å². The molecular formula is C23H37N4OS+. The average Bonchev–Trinajstić information content (AvgIpc) is 2.67. The zero-order chi connectivity index (χ0) is 21.6. The summed E-state index contributed by atoms with van der Waals surface area (Å²) in [5.41, 5.74) is 4.02. The molecule has 0 bridgehead atoms. The van der Waals surface area contributed by atoms with E-state index >= 15 is 0 Å². The number of quaternary nitrogens is 1. The Morgan fingerprint density at radius 2 is 1.83 bits per heavy atom. The standard InChI is InChI=1S/C23H36N4OS/c1-7-26(8-2)9-10-27(23(29)24-14-16(3)4)15-20-13-19-11-17(5)18(6)12-21(19)25-22(20)28/h11-13,16H,7-10,14-15H2,1-6H3,(H,24,29)(H,25,28)/p+1. The van der Waals surface area contributed by atoms with Gasteiger partial charge in [-0.2, -0.15) is 0 Å². The van der Waals surface area contributed by atoms with E-state index in [1.165, 1.54) is 16.0 Å². The first-order chi connectivity index (χ1) is 13.7. The Kier molecular flexibility index (Phi) is 8.65. The highest BCUT2D eigenvalue weighted by Gasteiger charge is 2.16. The van der Waals surface area contributed by atoms with E-state index in [1.807, 2.05) is 12.1 Å². The fourth-order valence-electron chi connectivity index (χ4n) is 3.40. The van der Waals surface area contributed by atoms with Gasteiger partial charge in [-0.1, -0.05) is 13.8 Å². The van der Waals surface area contributed by atoms with Gasteiger partial charge < -0.3 is 20.1 Å². The van der Waals surface area contributed by atoms with Crippen LogP contribution in [0.25, 0.3) is 10.9 Å². The van der Waals surface area contributed by atoms with Gasteiger partial charge in [0.25, 0.3) is 5.56 Å². The van der Waals surface area contributed by atoms with E-state index < -0.39 is 0 Å². The van der Waals surface area contributed by atoms with Crippen molar-refractivity contribution in [3.8, 4) is 0 Å². The highest BCUT2D eigenvalue weighted by molar-refractivity contribution is 7.80. The molecule has 2 rings (SSSR count). The van der Waals surface area contributed by atoms with Gasteiger partial charge in [0.05, 0.1) is 32.7 Å². The smallest absolute Gasteiger partial charge is 0.253 e. The molecule has 2 aromatic rings. The van der Waals surface area contributed by atoms with Gasteiger partial charge in [-0.05, 0) is 80.5 Å². The molecule has 0 aliphatic heterocycles. The molecule has 0 amide bonds. The number of rotatable bonds is 9. The maximum atomic E-state index is 12.8. The Bertz CT molecular complexity index is 886. The van der Waals surface area contributed by atoms with Crippen molar-refractivity contribution in [3.63, 3.8) is 0 Å². The van der Waals surface area contributed by atoms with Gasteiger partial charge in [0.2, 0.25) is 0 Å². The van der Waals surface area contributed by atoms with E-state index in [4.69, 9.17) is 12.2 Å². The van der Waals surface area contributed by atoms with Gasteiger partial charge in [0, 0.05) is 17.6 Å². The van der Waals surface area contributed by atoms with Gasteiger partial charge in [0.1, 0.15) is 0 Å². The normalized spacial score (nSPS) is 11.4. The van der Waals surface area contributed by atoms with Crippen molar-refractivity contribution in [3.05, 3.63) is 45.2 Å². The number of hydrogen-bond donors (Lipinski definition) is 3. The van der Waals surface area contributed by atoms with E-state index in [2.05, 4.69) is 62.8 Å². The van der Waals surface area contributed by atoms with E-state index in [1.54, 1.807) is 0 Å². The molecule has 0 fully saturated rings. The molecule has 6 heteroatoms. The van der Waals surface area contributed by atoms with Crippen molar-refractivity contribution in [1.29, 1.82) is 0 Å². The summed E-state index contributed by atoms with van der Waals surface area (Å²) < 4.78 is 0. The largest absolute Gasteiger partial charge is 0.362 e. The molecule has 1 aromatic carbocycles. The summed E-state index contributed by atoms with van der Waals surface area (Å²) in [4.78, 5) is 19.5. The maximum absolute atomic E-state index is 12.8. The van der Waals surface area contributed by atoms with E-state index in [0.29, 0.717) is 12.5 Å². The van der Waals surface area contributed by atoms with Crippen LogP contribution in [0.15, 0.2) is 23.0 Å². The first-order valence-corrected chi connectivity index (χ1v) is 11.1. The van der Waals surface area contributed by atoms with Crippen LogP contribution in [0.2, 0.25) is 0 Å². The molecule has 0 aliphatic rings. The molecule has 3 N–H and O–H groups in total. The van der Waals surface area contributed by atoms with Crippen LogP contribution in [0.4, 0.5) is 0 Å². The number of aromatic amines is 1. The Labute approximate surface area is 180 Å². The Morgan fingerprint density at radius 1 is 1.17 bits per heavy atom. The fourth-order valence-corrected chi connectivity index (χ4v) is 3.64. The second-order valence-electron chi connectivity index (χ2n) is 8.36. The second-order valence-corrected chi connectivity index (χ2v) is 8.74. The number of pyridine rings is 1. The van der Waals surface area contributed by atoms with Gasteiger partial charge in [-0.3, -0.25) is 4.79 Å². The monoisotopic (exact) mass is 417 g/mol. The minimum Gasteiger partial charge on any atom is -0.362 e. The molecule has 5 nitrogen and oxygen atoms in total. The lowest BCUT2D eigenvalue weighted by Crippen LogP contribution is -3.12. The zero-order valence-corrected chi connectivity index (χ0v) is 19.6. The highest BCUT2D eigenvalue weighted by Crippen LogP contribution is 2.17. The van der Waals surface area contributed by atoms with E-state index in [0.717, 1.165) is 54.3 Å². The van der Waals surface area contributed by atoms with Crippen LogP contribution in [0.3, 0.4) is 0 Å². The molecule has 0 unspecified atom stereocenters. The Balaban J connectivity index is 2.28. The van der Waals surface area contributed by atoms with Crippen molar-refractivity contribution in [1.82, 2.24) is 15.2 Å². The molecule has 1 aromatic heterocycles. The number of aromatic nitrogens is 1. The number of nitrogens with one attached hydrogen (secondary N) is 3. The van der Waals surface area contributed by atoms with Crippen LogP contribution in [0.5, 0.6) is 0 Å². The number of fused-ring (bicyclic) bond motifs is 1. The molecule has 29 heavy (non-hydrogen) atoms. The van der Waals surface area contributed by atoms with Crippen molar-refractivity contribution in [2.24, 2.45) is 5.92 Å². The quantitative estimate of drug-likeness (QED) is 0.549. The lowest BCUT2D eigenvalue weighted by molar-refractivity contribution is -0.895. The molecule has 0 radical (unpaired) electrons. The molecule has 160 valence electrons. The summed E-state index contributed by atoms with van der Waals surface area (Å²) >= 11 is 5.69. The van der Waals surface area contributed by atoms with Crippen molar-refractivity contribution >= 4 is 28.2 Å². The lowest BCUT2D eigenvalue weighted by atomic mass is 10.0. The SMILES string of the molecule is CC[NH+](CC)CCN(Cc1cc2cc(C)c(C)cc2[nH]c1=O)C(=S)NCC(C)C. The summed E-state index contributed by atoms with van der Waals surface area (Å²) in [6, 6.07) is 6.21. The molecule has 1 heterocycles. The second kappa shape index (κ2) is 10.7. The van der Waals surface area contributed by atoms with Crippen LogP contribution in [-0.4, -0.2) is 47.7 Å². The number of benzene rings is 1. The van der Waals surface area contributed by atoms with Crippen molar-refractivity contribution in [2.75, 3.05) is 32.7 Å². The predicted molar refractivity (Wildman–Crippen MR) is 127 cm³/mol. The van der Waals surface area contributed by atoms with Crippen LogP contribution in [0.1, 0.15) is 44.4 Å². The first kappa shape index (κ1) is 23.4. The Morgan fingerprint density at radius 3 is 2.45 bits per heavy atom. The maximum Gasteiger partial charge on any atom is 0.253 e. The topological polar surface area (TPSA) is 52.6 Å². The van der Waals surface area contributed by atoms with Crippen LogP contribution in [-0.2, 0) is 6.54 Å². The zero-order valence-electron chi connectivity index (χ0n) is 18.8. The molecule has 0 saturated heterocycles. The molecule has 0 spiro atoms. The molecular weight excluding hydrogens is 380 g/mol. The highest BCUT2D eigenvalue weighted by atomic mass is 32.1. The van der Waals surface area contributed by atoms with Gasteiger partial charge >= 0.3 is 0 Å². The Hall–Kier alpha value is -1.92. The number of H-pyrrole nitrogens is 1. The summed E-state index contributed by atoms with van der Waals surface area (Å²) in [5, 5.41) is 5.17. The summed E-state index contributed by atoms with van der Waals surface area (Å²) in [7, 11) is 0.